The summed E-state index contributed by atoms with van der Waals surface area (Å²) >= 11 is 1.12. The number of benzene rings is 1. The van der Waals surface area contributed by atoms with Crippen LogP contribution in [0.4, 0.5) is 0 Å². The van der Waals surface area contributed by atoms with Gasteiger partial charge in [0.05, 0.1) is 16.8 Å². The van der Waals surface area contributed by atoms with Crippen molar-refractivity contribution in [1.82, 2.24) is 14.5 Å². The molecule has 0 aliphatic carbocycles. The van der Waals surface area contributed by atoms with E-state index in [0.29, 0.717) is 5.16 Å². The SMILES string of the molecule is CC(C(=O)N(C)C)n1c(SCC(=O)O)nc2ccccc21. The Morgan fingerprint density at radius 1 is 1.38 bits per heavy atom. The monoisotopic (exact) mass is 307 g/mol. The maximum Gasteiger partial charge on any atom is 0.313 e. The number of likely N-dealkylation sites (N-methyl/N-ethyl adjacent to an activating group) is 1. The van der Waals surface area contributed by atoms with Crippen molar-refractivity contribution in [3.63, 3.8) is 0 Å². The number of para-hydroxylation sites is 2. The fourth-order valence-electron chi connectivity index (χ4n) is 2.11. The Hall–Kier alpha value is -2.02. The molecule has 1 aromatic carbocycles. The van der Waals surface area contributed by atoms with E-state index >= 15 is 0 Å². The molecule has 0 radical (unpaired) electrons. The van der Waals surface area contributed by atoms with Crippen molar-refractivity contribution >= 4 is 34.7 Å². The van der Waals surface area contributed by atoms with Crippen molar-refractivity contribution < 1.29 is 14.7 Å². The molecule has 1 aromatic heterocycles. The molecule has 1 unspecified atom stereocenters. The van der Waals surface area contributed by atoms with Gasteiger partial charge in [0, 0.05) is 14.1 Å². The minimum atomic E-state index is -0.912. The van der Waals surface area contributed by atoms with Gasteiger partial charge in [-0.25, -0.2) is 4.98 Å². The van der Waals surface area contributed by atoms with Crippen LogP contribution >= 0.6 is 11.8 Å². The lowest BCUT2D eigenvalue weighted by molar-refractivity contribution is -0.134. The van der Waals surface area contributed by atoms with Crippen molar-refractivity contribution in [2.24, 2.45) is 0 Å². The van der Waals surface area contributed by atoms with Gasteiger partial charge in [0.2, 0.25) is 5.91 Å². The lowest BCUT2D eigenvalue weighted by Crippen LogP contribution is -2.30. The number of nitrogens with zero attached hydrogens (tertiary/aromatic N) is 3. The first-order chi connectivity index (χ1) is 9.91. The average Bonchev–Trinajstić information content (AvgIpc) is 2.81. The van der Waals surface area contributed by atoms with Crippen LogP contribution in [-0.4, -0.2) is 51.3 Å². The molecule has 1 atom stereocenters. The molecule has 0 fully saturated rings. The summed E-state index contributed by atoms with van der Waals surface area (Å²) in [6.45, 7) is 1.79. The Labute approximate surface area is 126 Å². The smallest absolute Gasteiger partial charge is 0.313 e. The fourth-order valence-corrected chi connectivity index (χ4v) is 2.92. The summed E-state index contributed by atoms with van der Waals surface area (Å²) in [6, 6.07) is 7.03. The van der Waals surface area contributed by atoms with E-state index < -0.39 is 12.0 Å². The second-order valence-corrected chi connectivity index (χ2v) is 5.79. The van der Waals surface area contributed by atoms with E-state index in [0.717, 1.165) is 22.8 Å². The number of hydrogen-bond acceptors (Lipinski definition) is 4. The zero-order valence-corrected chi connectivity index (χ0v) is 12.9. The van der Waals surface area contributed by atoms with Gasteiger partial charge in [-0.05, 0) is 19.1 Å². The maximum atomic E-state index is 12.2. The zero-order valence-electron chi connectivity index (χ0n) is 12.1. The first-order valence-corrected chi connectivity index (χ1v) is 7.43. The predicted octanol–water partition coefficient (Wildman–Crippen LogP) is 1.86. The van der Waals surface area contributed by atoms with Gasteiger partial charge in [-0.15, -0.1) is 0 Å². The Balaban J connectivity index is 2.49. The molecule has 1 heterocycles. The van der Waals surface area contributed by atoms with Crippen molar-refractivity contribution in [2.75, 3.05) is 19.8 Å². The van der Waals surface area contributed by atoms with Gasteiger partial charge in [0.1, 0.15) is 6.04 Å². The van der Waals surface area contributed by atoms with Gasteiger partial charge in [-0.2, -0.15) is 0 Å². The summed E-state index contributed by atoms with van der Waals surface area (Å²) in [5, 5.41) is 9.39. The average molecular weight is 307 g/mol. The predicted molar refractivity (Wildman–Crippen MR) is 81.5 cm³/mol. The molecule has 1 amide bonds. The van der Waals surface area contributed by atoms with Gasteiger partial charge < -0.3 is 14.6 Å². The normalized spacial score (nSPS) is 12.3. The van der Waals surface area contributed by atoms with Crippen molar-refractivity contribution in [1.29, 1.82) is 0 Å². The molecule has 1 N–H and O–H groups in total. The standard InChI is InChI=1S/C14H17N3O3S/c1-9(13(20)16(2)3)17-11-7-5-4-6-10(11)15-14(17)21-8-12(18)19/h4-7,9H,8H2,1-3H3,(H,18,19). The summed E-state index contributed by atoms with van der Waals surface area (Å²) in [5.74, 6) is -1.06. The Morgan fingerprint density at radius 2 is 2.05 bits per heavy atom. The molecule has 112 valence electrons. The Kier molecular flexibility index (Phi) is 4.52. The highest BCUT2D eigenvalue weighted by Crippen LogP contribution is 2.28. The maximum absolute atomic E-state index is 12.2. The van der Waals surface area contributed by atoms with Crippen LogP contribution in [0.25, 0.3) is 11.0 Å². The summed E-state index contributed by atoms with van der Waals surface area (Å²) in [4.78, 5) is 29.0. The number of aliphatic carboxylic acids is 1. The van der Waals surface area contributed by atoms with E-state index in [1.807, 2.05) is 24.3 Å². The molecule has 7 heteroatoms. The second-order valence-electron chi connectivity index (χ2n) is 4.84. The molecule has 6 nitrogen and oxygen atoms in total. The Bertz CT molecular complexity index is 681. The first kappa shape index (κ1) is 15.4. The molecule has 0 aliphatic heterocycles. The highest BCUT2D eigenvalue weighted by molar-refractivity contribution is 7.99. The van der Waals surface area contributed by atoms with E-state index in [4.69, 9.17) is 5.11 Å². The summed E-state index contributed by atoms with van der Waals surface area (Å²) in [5.41, 5.74) is 1.58. The largest absolute Gasteiger partial charge is 0.481 e. The minimum Gasteiger partial charge on any atom is -0.481 e. The second kappa shape index (κ2) is 6.17. The van der Waals surface area contributed by atoms with Crippen LogP contribution in [0, 0.1) is 0 Å². The number of amides is 1. The molecule has 2 rings (SSSR count). The molecule has 0 bridgehead atoms. The van der Waals surface area contributed by atoms with Crippen LogP contribution in [0.1, 0.15) is 13.0 Å². The van der Waals surface area contributed by atoms with Gasteiger partial charge in [-0.3, -0.25) is 9.59 Å². The van der Waals surface area contributed by atoms with Gasteiger partial charge in [0.25, 0.3) is 0 Å². The van der Waals surface area contributed by atoms with Crippen LogP contribution in [-0.2, 0) is 9.59 Å². The van der Waals surface area contributed by atoms with Crippen LogP contribution in [0.15, 0.2) is 29.4 Å². The molecule has 2 aromatic rings. The zero-order chi connectivity index (χ0) is 15.6. The minimum absolute atomic E-state index is 0.0599. The van der Waals surface area contributed by atoms with Crippen molar-refractivity contribution in [3.05, 3.63) is 24.3 Å². The number of carboxylic acids is 1. The summed E-state index contributed by atoms with van der Waals surface area (Å²) in [6.07, 6.45) is 0. The van der Waals surface area contributed by atoms with E-state index in [-0.39, 0.29) is 11.7 Å². The third-order valence-electron chi connectivity index (χ3n) is 3.07. The highest BCUT2D eigenvalue weighted by Gasteiger charge is 2.23. The topological polar surface area (TPSA) is 75.4 Å². The number of carboxylic acid groups (broad SMARTS) is 1. The molecular formula is C14H17N3O3S. The van der Waals surface area contributed by atoms with Crippen LogP contribution < -0.4 is 0 Å². The van der Waals surface area contributed by atoms with E-state index in [2.05, 4.69) is 4.98 Å². The molecule has 0 saturated heterocycles. The molecule has 0 saturated carbocycles. The number of fused-ring (bicyclic) bond motifs is 1. The number of hydrogen-bond donors (Lipinski definition) is 1. The lowest BCUT2D eigenvalue weighted by atomic mass is 10.2. The van der Waals surface area contributed by atoms with Crippen LogP contribution in [0.2, 0.25) is 0 Å². The number of carbonyl (C=O) groups is 2. The van der Waals surface area contributed by atoms with Crippen LogP contribution in [0.3, 0.4) is 0 Å². The quantitative estimate of drug-likeness (QED) is 0.853. The van der Waals surface area contributed by atoms with E-state index in [1.165, 1.54) is 4.90 Å². The van der Waals surface area contributed by atoms with Crippen molar-refractivity contribution in [3.8, 4) is 0 Å². The number of carbonyl (C=O) groups excluding carboxylic acids is 1. The molecule has 0 aliphatic rings. The van der Waals surface area contributed by atoms with E-state index in [9.17, 15) is 9.59 Å². The lowest BCUT2D eigenvalue weighted by Gasteiger charge is -2.20. The van der Waals surface area contributed by atoms with Gasteiger partial charge in [0.15, 0.2) is 5.16 Å². The first-order valence-electron chi connectivity index (χ1n) is 6.44. The number of rotatable bonds is 5. The van der Waals surface area contributed by atoms with Gasteiger partial charge in [-0.1, -0.05) is 23.9 Å². The number of imidazole rings is 1. The summed E-state index contributed by atoms with van der Waals surface area (Å²) in [7, 11) is 3.39. The van der Waals surface area contributed by atoms with Crippen LogP contribution in [0.5, 0.6) is 0 Å². The van der Waals surface area contributed by atoms with E-state index in [1.54, 1.807) is 25.6 Å². The third-order valence-corrected chi connectivity index (χ3v) is 4.01. The number of aromatic nitrogens is 2. The summed E-state index contributed by atoms with van der Waals surface area (Å²) < 4.78 is 1.80. The molecular weight excluding hydrogens is 290 g/mol. The third kappa shape index (κ3) is 3.18. The number of thioether (sulfide) groups is 1. The van der Waals surface area contributed by atoms with Gasteiger partial charge >= 0.3 is 5.97 Å². The molecule has 21 heavy (non-hydrogen) atoms. The molecule has 0 spiro atoms. The Morgan fingerprint density at radius 3 is 2.67 bits per heavy atom. The van der Waals surface area contributed by atoms with Crippen molar-refractivity contribution in [2.45, 2.75) is 18.1 Å². The highest BCUT2D eigenvalue weighted by atomic mass is 32.2. The fraction of sp³-hybridized carbons (Fsp3) is 0.357.